The van der Waals surface area contributed by atoms with Crippen LogP contribution in [0.25, 0.3) is 0 Å². The minimum Gasteiger partial charge on any atom is -0.372 e. The molecule has 0 aliphatic heterocycles. The second kappa shape index (κ2) is 8.25. The molecule has 1 heterocycles. The summed E-state index contributed by atoms with van der Waals surface area (Å²) in [5, 5.41) is 4.14. The van der Waals surface area contributed by atoms with E-state index in [-0.39, 0.29) is 6.10 Å². The molecule has 0 spiro atoms. The van der Waals surface area contributed by atoms with Gasteiger partial charge in [-0.3, -0.25) is 4.68 Å². The Balaban J connectivity index is 2.19. The van der Waals surface area contributed by atoms with Crippen molar-refractivity contribution in [1.82, 2.24) is 9.78 Å². The van der Waals surface area contributed by atoms with E-state index < -0.39 is 0 Å². The third kappa shape index (κ3) is 5.33. The normalized spacial score (nSPS) is 12.9. The smallest absolute Gasteiger partial charge is 0.0977 e. The van der Waals surface area contributed by atoms with E-state index in [0.717, 1.165) is 18.6 Å². The molecular weight excluding hydrogens is 214 g/mol. The highest BCUT2D eigenvalue weighted by molar-refractivity contribution is 5.08. The van der Waals surface area contributed by atoms with Crippen LogP contribution in [-0.4, -0.2) is 22.9 Å². The number of nitrogens with zero attached hydrogens (tertiary/aromatic N) is 2. The van der Waals surface area contributed by atoms with Crippen LogP contribution in [0, 0.1) is 0 Å². The van der Waals surface area contributed by atoms with Crippen molar-refractivity contribution in [2.24, 2.45) is 12.8 Å². The first-order valence-electron chi connectivity index (χ1n) is 6.58. The minimum atomic E-state index is -0.00475. The van der Waals surface area contributed by atoms with Crippen molar-refractivity contribution in [2.45, 2.75) is 45.1 Å². The summed E-state index contributed by atoms with van der Waals surface area (Å²) in [4.78, 5) is 0. The van der Waals surface area contributed by atoms with E-state index >= 15 is 0 Å². The standard InChI is InChI=1S/C13H25N3O/c1-3-4-5-6-7-8-17-13(9-14)12-10-15-16(2)11-12/h10-11,13H,3-9,14H2,1-2H3. The Kier molecular flexibility index (Phi) is 6.89. The summed E-state index contributed by atoms with van der Waals surface area (Å²) in [5.74, 6) is 0. The highest BCUT2D eigenvalue weighted by Gasteiger charge is 2.11. The molecule has 0 aliphatic rings. The van der Waals surface area contributed by atoms with Gasteiger partial charge in [0.2, 0.25) is 0 Å². The van der Waals surface area contributed by atoms with Gasteiger partial charge >= 0.3 is 0 Å². The van der Waals surface area contributed by atoms with Crippen molar-refractivity contribution in [3.05, 3.63) is 18.0 Å². The average Bonchev–Trinajstić information content (AvgIpc) is 2.75. The van der Waals surface area contributed by atoms with Crippen molar-refractivity contribution < 1.29 is 4.74 Å². The quantitative estimate of drug-likeness (QED) is 0.673. The van der Waals surface area contributed by atoms with Crippen LogP contribution in [0.2, 0.25) is 0 Å². The molecule has 1 aromatic heterocycles. The molecule has 2 N–H and O–H groups in total. The molecule has 0 radical (unpaired) electrons. The summed E-state index contributed by atoms with van der Waals surface area (Å²) in [6.45, 7) is 3.53. The topological polar surface area (TPSA) is 53.1 Å². The Morgan fingerprint density at radius 1 is 1.35 bits per heavy atom. The molecule has 0 bridgehead atoms. The van der Waals surface area contributed by atoms with E-state index in [1.165, 1.54) is 25.7 Å². The number of rotatable bonds is 9. The van der Waals surface area contributed by atoms with Crippen molar-refractivity contribution in [1.29, 1.82) is 0 Å². The van der Waals surface area contributed by atoms with E-state index in [1.807, 2.05) is 19.4 Å². The Morgan fingerprint density at radius 3 is 2.71 bits per heavy atom. The van der Waals surface area contributed by atoms with Gasteiger partial charge in [-0.15, -0.1) is 0 Å². The lowest BCUT2D eigenvalue weighted by Crippen LogP contribution is -2.16. The molecule has 0 fully saturated rings. The maximum absolute atomic E-state index is 5.79. The fourth-order valence-electron chi connectivity index (χ4n) is 1.84. The fourth-order valence-corrected chi connectivity index (χ4v) is 1.84. The van der Waals surface area contributed by atoms with E-state index in [4.69, 9.17) is 10.5 Å². The van der Waals surface area contributed by atoms with E-state index in [9.17, 15) is 0 Å². The Hall–Kier alpha value is -0.870. The minimum absolute atomic E-state index is 0.00475. The number of nitrogens with two attached hydrogens (primary N) is 1. The first-order valence-corrected chi connectivity index (χ1v) is 6.58. The van der Waals surface area contributed by atoms with Gasteiger partial charge in [0, 0.05) is 32.0 Å². The van der Waals surface area contributed by atoms with Gasteiger partial charge in [-0.05, 0) is 6.42 Å². The zero-order chi connectivity index (χ0) is 12.5. The van der Waals surface area contributed by atoms with Crippen molar-refractivity contribution in [3.8, 4) is 0 Å². The lowest BCUT2D eigenvalue weighted by Gasteiger charge is -2.14. The van der Waals surface area contributed by atoms with Gasteiger partial charge in [-0.25, -0.2) is 0 Å². The first kappa shape index (κ1) is 14.2. The maximum Gasteiger partial charge on any atom is 0.0977 e. The molecule has 1 rings (SSSR count). The molecule has 1 atom stereocenters. The number of aryl methyl sites for hydroxylation is 1. The molecule has 4 heteroatoms. The second-order valence-corrected chi connectivity index (χ2v) is 4.46. The fraction of sp³-hybridized carbons (Fsp3) is 0.769. The lowest BCUT2D eigenvalue weighted by atomic mass is 10.1. The van der Waals surface area contributed by atoms with E-state index in [0.29, 0.717) is 6.54 Å². The molecule has 4 nitrogen and oxygen atoms in total. The molecule has 0 aromatic carbocycles. The number of ether oxygens (including phenoxy) is 1. The third-order valence-electron chi connectivity index (χ3n) is 2.88. The predicted molar refractivity (Wildman–Crippen MR) is 69.7 cm³/mol. The summed E-state index contributed by atoms with van der Waals surface area (Å²) in [6.07, 6.45) is 10.1. The predicted octanol–water partition coefficient (Wildman–Crippen LogP) is 2.41. The molecular formula is C13H25N3O. The molecule has 0 saturated heterocycles. The summed E-state index contributed by atoms with van der Waals surface area (Å²) < 4.78 is 7.57. The number of hydrogen-bond acceptors (Lipinski definition) is 3. The van der Waals surface area contributed by atoms with Crippen LogP contribution in [0.3, 0.4) is 0 Å². The highest BCUT2D eigenvalue weighted by Crippen LogP contribution is 2.15. The van der Waals surface area contributed by atoms with Gasteiger partial charge in [0.25, 0.3) is 0 Å². The zero-order valence-electron chi connectivity index (χ0n) is 11.1. The van der Waals surface area contributed by atoms with Crippen LogP contribution in [-0.2, 0) is 11.8 Å². The lowest BCUT2D eigenvalue weighted by molar-refractivity contribution is 0.0557. The van der Waals surface area contributed by atoms with Crippen molar-refractivity contribution in [3.63, 3.8) is 0 Å². The van der Waals surface area contributed by atoms with Gasteiger partial charge in [0.05, 0.1) is 12.3 Å². The number of unbranched alkanes of at least 4 members (excludes halogenated alkanes) is 4. The van der Waals surface area contributed by atoms with Crippen LogP contribution in [0.4, 0.5) is 0 Å². The van der Waals surface area contributed by atoms with Crippen LogP contribution in [0.15, 0.2) is 12.4 Å². The summed E-state index contributed by atoms with van der Waals surface area (Å²) in [6, 6.07) is 0. The Morgan fingerprint density at radius 2 is 2.12 bits per heavy atom. The van der Waals surface area contributed by atoms with Gasteiger partial charge in [-0.1, -0.05) is 32.6 Å². The largest absolute Gasteiger partial charge is 0.372 e. The molecule has 1 aromatic rings. The van der Waals surface area contributed by atoms with Gasteiger partial charge in [0.15, 0.2) is 0 Å². The molecule has 0 aliphatic carbocycles. The third-order valence-corrected chi connectivity index (χ3v) is 2.88. The molecule has 17 heavy (non-hydrogen) atoms. The van der Waals surface area contributed by atoms with Gasteiger partial charge in [0.1, 0.15) is 0 Å². The van der Waals surface area contributed by atoms with E-state index in [1.54, 1.807) is 4.68 Å². The molecule has 0 saturated carbocycles. The highest BCUT2D eigenvalue weighted by atomic mass is 16.5. The number of aromatic nitrogens is 2. The van der Waals surface area contributed by atoms with Gasteiger partial charge in [-0.2, -0.15) is 5.10 Å². The van der Waals surface area contributed by atoms with Gasteiger partial charge < -0.3 is 10.5 Å². The Bertz CT molecular complexity index is 299. The van der Waals surface area contributed by atoms with Crippen molar-refractivity contribution in [2.75, 3.05) is 13.2 Å². The maximum atomic E-state index is 5.79. The zero-order valence-corrected chi connectivity index (χ0v) is 11.1. The first-order chi connectivity index (χ1) is 8.27. The molecule has 1 unspecified atom stereocenters. The summed E-state index contributed by atoms with van der Waals surface area (Å²) in [7, 11) is 1.90. The summed E-state index contributed by atoms with van der Waals surface area (Å²) >= 11 is 0. The SMILES string of the molecule is CCCCCCCOC(CN)c1cnn(C)c1. The second-order valence-electron chi connectivity index (χ2n) is 4.46. The molecule has 0 amide bonds. The van der Waals surface area contributed by atoms with Crippen LogP contribution in [0.1, 0.15) is 50.7 Å². The van der Waals surface area contributed by atoms with Crippen LogP contribution in [0.5, 0.6) is 0 Å². The Labute approximate surface area is 104 Å². The average molecular weight is 239 g/mol. The van der Waals surface area contributed by atoms with Crippen LogP contribution >= 0.6 is 0 Å². The number of hydrogen-bond donors (Lipinski definition) is 1. The van der Waals surface area contributed by atoms with Crippen LogP contribution < -0.4 is 5.73 Å². The monoisotopic (exact) mass is 239 g/mol. The summed E-state index contributed by atoms with van der Waals surface area (Å²) in [5.41, 5.74) is 6.79. The van der Waals surface area contributed by atoms with E-state index in [2.05, 4.69) is 12.0 Å². The van der Waals surface area contributed by atoms with Crippen molar-refractivity contribution >= 4 is 0 Å². The molecule has 98 valence electrons.